The number of halogens is 1. The van der Waals surface area contributed by atoms with Crippen LogP contribution < -0.4 is 10.6 Å². The molecule has 3 rings (SSSR count). The first kappa shape index (κ1) is 16.7. The molecular weight excluding hydrogens is 368 g/mol. The second-order valence-electron chi connectivity index (χ2n) is 6.26. The largest absolute Gasteiger partial charge is 0.326 e. The van der Waals surface area contributed by atoms with E-state index in [1.165, 1.54) is 0 Å². The van der Waals surface area contributed by atoms with Gasteiger partial charge in [-0.3, -0.25) is 9.59 Å². The first-order valence-corrected chi connectivity index (χ1v) is 8.68. The van der Waals surface area contributed by atoms with Crippen molar-refractivity contribution in [2.24, 2.45) is 11.8 Å². The summed E-state index contributed by atoms with van der Waals surface area (Å²) in [5.74, 6) is -0.696. The van der Waals surface area contributed by atoms with Crippen molar-refractivity contribution in [2.45, 2.75) is 20.3 Å². The molecule has 24 heavy (non-hydrogen) atoms. The van der Waals surface area contributed by atoms with Gasteiger partial charge in [-0.15, -0.1) is 0 Å². The quantitative estimate of drug-likeness (QED) is 0.823. The standard InChI is InChI=1S/C19H19BrN2O2/c1-11-6-7-17(12(2)8-11)22-19(24)16-10-15(16)18(23)21-14-5-3-4-13(20)9-14/h3-9,15-16H,10H2,1-2H3,(H,21,23)(H,22,24). The number of amides is 2. The minimum atomic E-state index is -0.255. The van der Waals surface area contributed by atoms with Crippen LogP contribution in [0.15, 0.2) is 46.9 Å². The molecule has 2 unspecified atom stereocenters. The molecule has 2 aromatic carbocycles. The molecule has 5 heteroatoms. The highest BCUT2D eigenvalue weighted by atomic mass is 79.9. The van der Waals surface area contributed by atoms with Crippen molar-refractivity contribution in [2.75, 3.05) is 10.6 Å². The maximum Gasteiger partial charge on any atom is 0.228 e. The van der Waals surface area contributed by atoms with E-state index >= 15 is 0 Å². The lowest BCUT2D eigenvalue weighted by atomic mass is 10.1. The fraction of sp³-hybridized carbons (Fsp3) is 0.263. The SMILES string of the molecule is Cc1ccc(NC(=O)C2CC2C(=O)Nc2cccc(Br)c2)c(C)c1. The van der Waals surface area contributed by atoms with Crippen LogP contribution in [-0.4, -0.2) is 11.8 Å². The van der Waals surface area contributed by atoms with Crippen LogP contribution in [-0.2, 0) is 9.59 Å². The molecule has 0 aromatic heterocycles. The van der Waals surface area contributed by atoms with Gasteiger partial charge in [0.2, 0.25) is 11.8 Å². The molecule has 1 aliphatic carbocycles. The molecule has 1 saturated carbocycles. The van der Waals surface area contributed by atoms with Crippen molar-refractivity contribution >= 4 is 39.1 Å². The van der Waals surface area contributed by atoms with Gasteiger partial charge in [-0.05, 0) is 50.1 Å². The first-order chi connectivity index (χ1) is 11.4. The summed E-state index contributed by atoms with van der Waals surface area (Å²) in [6, 6.07) is 13.3. The minimum absolute atomic E-state index is 0.0867. The molecule has 4 nitrogen and oxygen atoms in total. The van der Waals surface area contributed by atoms with E-state index in [1.807, 2.05) is 56.3 Å². The van der Waals surface area contributed by atoms with E-state index in [0.29, 0.717) is 6.42 Å². The Hall–Kier alpha value is -2.14. The summed E-state index contributed by atoms with van der Waals surface area (Å²) >= 11 is 3.37. The van der Waals surface area contributed by atoms with E-state index in [9.17, 15) is 9.59 Å². The molecule has 0 radical (unpaired) electrons. The van der Waals surface area contributed by atoms with Gasteiger partial charge in [-0.2, -0.15) is 0 Å². The van der Waals surface area contributed by atoms with Gasteiger partial charge < -0.3 is 10.6 Å². The average Bonchev–Trinajstić information content (AvgIpc) is 3.31. The molecule has 1 aliphatic rings. The van der Waals surface area contributed by atoms with E-state index in [0.717, 1.165) is 27.0 Å². The van der Waals surface area contributed by atoms with Crippen LogP contribution in [0.2, 0.25) is 0 Å². The van der Waals surface area contributed by atoms with Gasteiger partial charge >= 0.3 is 0 Å². The minimum Gasteiger partial charge on any atom is -0.326 e. The molecule has 0 spiro atoms. The topological polar surface area (TPSA) is 58.2 Å². The maximum atomic E-state index is 12.3. The average molecular weight is 387 g/mol. The predicted molar refractivity (Wildman–Crippen MR) is 98.9 cm³/mol. The summed E-state index contributed by atoms with van der Waals surface area (Å²) in [7, 11) is 0. The van der Waals surface area contributed by atoms with Crippen molar-refractivity contribution in [3.8, 4) is 0 Å². The molecule has 1 fully saturated rings. The number of carbonyl (C=O) groups excluding carboxylic acids is 2. The Balaban J connectivity index is 1.58. The Kier molecular flexibility index (Phi) is 4.71. The fourth-order valence-corrected chi connectivity index (χ4v) is 3.15. The monoisotopic (exact) mass is 386 g/mol. The Bertz CT molecular complexity index is 804. The lowest BCUT2D eigenvalue weighted by molar-refractivity contribution is -0.122. The third-order valence-corrected chi connectivity index (χ3v) is 4.69. The van der Waals surface area contributed by atoms with Gasteiger partial charge in [0, 0.05) is 15.8 Å². The van der Waals surface area contributed by atoms with Gasteiger partial charge in [0.05, 0.1) is 11.8 Å². The van der Waals surface area contributed by atoms with Crippen LogP contribution in [0.25, 0.3) is 0 Å². The van der Waals surface area contributed by atoms with Crippen LogP contribution in [0.1, 0.15) is 17.5 Å². The Labute approximate surface area is 149 Å². The second-order valence-corrected chi connectivity index (χ2v) is 7.17. The number of anilines is 2. The van der Waals surface area contributed by atoms with Crippen LogP contribution in [0.3, 0.4) is 0 Å². The number of hydrogen-bond donors (Lipinski definition) is 2. The van der Waals surface area contributed by atoms with Gasteiger partial charge in [0.25, 0.3) is 0 Å². The van der Waals surface area contributed by atoms with E-state index < -0.39 is 0 Å². The summed E-state index contributed by atoms with van der Waals surface area (Å²) in [6.07, 6.45) is 0.594. The van der Waals surface area contributed by atoms with Gasteiger partial charge in [0.1, 0.15) is 0 Å². The Morgan fingerprint density at radius 2 is 1.71 bits per heavy atom. The molecule has 124 valence electrons. The summed E-state index contributed by atoms with van der Waals surface area (Å²) in [6.45, 7) is 3.98. The number of carbonyl (C=O) groups is 2. The zero-order chi connectivity index (χ0) is 17.3. The van der Waals surface area contributed by atoms with Gasteiger partial charge in [-0.1, -0.05) is 39.7 Å². The smallest absolute Gasteiger partial charge is 0.228 e. The normalized spacial score (nSPS) is 18.8. The van der Waals surface area contributed by atoms with E-state index in [2.05, 4.69) is 26.6 Å². The van der Waals surface area contributed by atoms with Gasteiger partial charge in [0.15, 0.2) is 0 Å². The highest BCUT2D eigenvalue weighted by Crippen LogP contribution is 2.40. The zero-order valence-electron chi connectivity index (χ0n) is 13.6. The van der Waals surface area contributed by atoms with Crippen molar-refractivity contribution < 1.29 is 9.59 Å². The lowest BCUT2D eigenvalue weighted by Crippen LogP contribution is -2.20. The third kappa shape index (κ3) is 3.85. The summed E-state index contributed by atoms with van der Waals surface area (Å²) in [5, 5.41) is 5.79. The number of rotatable bonds is 4. The molecular formula is C19H19BrN2O2. The predicted octanol–water partition coefficient (Wildman–Crippen LogP) is 4.28. The number of aryl methyl sites for hydroxylation is 2. The zero-order valence-corrected chi connectivity index (χ0v) is 15.2. The molecule has 0 heterocycles. The highest BCUT2D eigenvalue weighted by molar-refractivity contribution is 9.10. The number of nitrogens with one attached hydrogen (secondary N) is 2. The molecule has 2 aromatic rings. The molecule has 2 amide bonds. The number of benzene rings is 2. The van der Waals surface area contributed by atoms with Crippen LogP contribution in [0.5, 0.6) is 0 Å². The molecule has 2 atom stereocenters. The second kappa shape index (κ2) is 6.77. The van der Waals surface area contributed by atoms with Crippen molar-refractivity contribution in [3.63, 3.8) is 0 Å². The summed E-state index contributed by atoms with van der Waals surface area (Å²) < 4.78 is 0.903. The van der Waals surface area contributed by atoms with Crippen molar-refractivity contribution in [3.05, 3.63) is 58.1 Å². The Morgan fingerprint density at radius 3 is 2.38 bits per heavy atom. The van der Waals surface area contributed by atoms with Crippen LogP contribution in [0, 0.1) is 25.7 Å². The van der Waals surface area contributed by atoms with E-state index in [4.69, 9.17) is 0 Å². The van der Waals surface area contributed by atoms with Crippen molar-refractivity contribution in [1.82, 2.24) is 0 Å². The third-order valence-electron chi connectivity index (χ3n) is 4.20. The molecule has 0 aliphatic heterocycles. The summed E-state index contributed by atoms with van der Waals surface area (Å²) in [5.41, 5.74) is 3.72. The van der Waals surface area contributed by atoms with Gasteiger partial charge in [-0.25, -0.2) is 0 Å². The van der Waals surface area contributed by atoms with E-state index in [1.54, 1.807) is 0 Å². The Morgan fingerprint density at radius 1 is 1.00 bits per heavy atom. The number of hydrogen-bond acceptors (Lipinski definition) is 2. The molecule has 2 N–H and O–H groups in total. The summed E-state index contributed by atoms with van der Waals surface area (Å²) in [4.78, 5) is 24.6. The maximum absolute atomic E-state index is 12.3. The van der Waals surface area contributed by atoms with Crippen molar-refractivity contribution in [1.29, 1.82) is 0 Å². The molecule has 0 bridgehead atoms. The lowest BCUT2D eigenvalue weighted by Gasteiger charge is -2.09. The highest BCUT2D eigenvalue weighted by Gasteiger charge is 2.48. The van der Waals surface area contributed by atoms with Crippen LogP contribution >= 0.6 is 15.9 Å². The molecule has 0 saturated heterocycles. The first-order valence-electron chi connectivity index (χ1n) is 7.88. The van der Waals surface area contributed by atoms with E-state index in [-0.39, 0.29) is 23.7 Å². The fourth-order valence-electron chi connectivity index (χ4n) is 2.76. The van der Waals surface area contributed by atoms with Crippen LogP contribution in [0.4, 0.5) is 11.4 Å².